The van der Waals surface area contributed by atoms with Gasteiger partial charge in [0.2, 0.25) is 11.8 Å². The lowest BCUT2D eigenvalue weighted by Gasteiger charge is -2.32. The average Bonchev–Trinajstić information content (AvgIpc) is 3.27. The number of barbiturate groups is 1. The maximum atomic E-state index is 13.5. The molecule has 3 aromatic rings. The molecule has 2 aliphatic rings. The van der Waals surface area contributed by atoms with Crippen molar-refractivity contribution in [3.8, 4) is 0 Å². The predicted octanol–water partition coefficient (Wildman–Crippen LogP) is 3.08. The number of rotatable bonds is 3. The van der Waals surface area contributed by atoms with Gasteiger partial charge in [0.05, 0.1) is 28.4 Å². The fourth-order valence-corrected chi connectivity index (χ4v) is 4.45. The van der Waals surface area contributed by atoms with E-state index < -0.39 is 29.8 Å². The van der Waals surface area contributed by atoms with Crippen molar-refractivity contribution in [3.05, 3.63) is 76.1 Å². The van der Waals surface area contributed by atoms with Gasteiger partial charge in [-0.15, -0.1) is 0 Å². The van der Waals surface area contributed by atoms with Crippen LogP contribution in [0.15, 0.2) is 69.1 Å². The highest BCUT2D eigenvalue weighted by Gasteiger charge is 2.48. The normalized spacial score (nSPS) is 19.4. The summed E-state index contributed by atoms with van der Waals surface area (Å²) in [5, 5.41) is 6.73. The molecule has 0 radical (unpaired) electrons. The van der Waals surface area contributed by atoms with Crippen LogP contribution in [-0.4, -0.2) is 47.5 Å². The zero-order valence-corrected chi connectivity index (χ0v) is 18.9. The number of fused-ring (bicyclic) bond motifs is 1. The lowest BCUT2D eigenvalue weighted by molar-refractivity contribution is -0.144. The Kier molecular flexibility index (Phi) is 5.04. The van der Waals surface area contributed by atoms with Crippen LogP contribution in [0.1, 0.15) is 23.6 Å². The third-order valence-corrected chi connectivity index (χ3v) is 6.33. The molecule has 1 unspecified atom stereocenters. The number of nitrogens with zero attached hydrogens (tertiary/aromatic N) is 4. The van der Waals surface area contributed by atoms with Gasteiger partial charge in [-0.3, -0.25) is 29.2 Å². The Morgan fingerprint density at radius 2 is 1.62 bits per heavy atom. The Morgan fingerprint density at radius 3 is 2.29 bits per heavy atom. The van der Waals surface area contributed by atoms with E-state index in [1.807, 2.05) is 43.3 Å². The molecule has 2 aliphatic heterocycles. The molecule has 5 rings (SSSR count). The number of benzene rings is 2. The quantitative estimate of drug-likeness (QED) is 0.559. The van der Waals surface area contributed by atoms with Crippen molar-refractivity contribution in [2.45, 2.75) is 19.4 Å². The third-order valence-electron chi connectivity index (χ3n) is 6.33. The number of carbonyl (C=O) groups excluding carboxylic acids is 3. The maximum Gasteiger partial charge on any atom is 0.332 e. The first kappa shape index (κ1) is 21.6. The molecule has 0 bridgehead atoms. The van der Waals surface area contributed by atoms with Gasteiger partial charge in [-0.2, -0.15) is 5.10 Å². The molecule has 0 N–H and O–H groups in total. The number of hydrogen-bond donors (Lipinski definition) is 0. The molecule has 1 atom stereocenters. The number of carbonyl (C=O) groups is 3. The van der Waals surface area contributed by atoms with Crippen molar-refractivity contribution in [1.29, 1.82) is 0 Å². The number of urea groups is 1. The average molecular weight is 458 g/mol. The second-order valence-electron chi connectivity index (χ2n) is 8.52. The molecule has 2 aromatic carbocycles. The van der Waals surface area contributed by atoms with Gasteiger partial charge in [0.15, 0.2) is 11.3 Å². The van der Waals surface area contributed by atoms with Crippen LogP contribution in [0.3, 0.4) is 0 Å². The van der Waals surface area contributed by atoms with Gasteiger partial charge in [-0.25, -0.2) is 4.79 Å². The van der Waals surface area contributed by atoms with Gasteiger partial charge in [-0.1, -0.05) is 29.8 Å². The first-order valence-electron chi connectivity index (χ1n) is 10.8. The summed E-state index contributed by atoms with van der Waals surface area (Å²) in [6, 6.07) is 13.3. The third kappa shape index (κ3) is 3.28. The van der Waals surface area contributed by atoms with E-state index in [1.54, 1.807) is 17.1 Å². The Balaban J connectivity index is 1.62. The molecule has 0 spiro atoms. The fourth-order valence-electron chi connectivity index (χ4n) is 4.45. The van der Waals surface area contributed by atoms with Crippen LogP contribution in [0.2, 0.25) is 0 Å². The summed E-state index contributed by atoms with van der Waals surface area (Å²) >= 11 is 0. The molecule has 9 nitrogen and oxygen atoms in total. The minimum atomic E-state index is -1.24. The van der Waals surface area contributed by atoms with Gasteiger partial charge in [0, 0.05) is 20.5 Å². The molecule has 4 amide bonds. The molecule has 1 fully saturated rings. The van der Waals surface area contributed by atoms with Gasteiger partial charge in [-0.05, 0) is 31.2 Å². The van der Waals surface area contributed by atoms with E-state index in [-0.39, 0.29) is 11.8 Å². The predicted molar refractivity (Wildman–Crippen MR) is 125 cm³/mol. The van der Waals surface area contributed by atoms with E-state index in [4.69, 9.17) is 4.42 Å². The standard InChI is InChI=1S/C25H22N4O5/c1-14-9-10-20-16(11-14)22(30)17(13-34-20)19-12-18(26-29(19)15-7-5-4-6-8-15)21-23(31)27(2)25(33)28(3)24(21)32/h4-11,13,19,21H,12H2,1-3H3. The van der Waals surface area contributed by atoms with E-state index in [9.17, 15) is 19.2 Å². The van der Waals surface area contributed by atoms with Crippen LogP contribution >= 0.6 is 0 Å². The molecule has 0 aliphatic carbocycles. The Labute approximate surface area is 194 Å². The molecular formula is C25H22N4O5. The molecular weight excluding hydrogens is 436 g/mol. The van der Waals surface area contributed by atoms with Crippen LogP contribution in [0.4, 0.5) is 10.5 Å². The van der Waals surface area contributed by atoms with Gasteiger partial charge < -0.3 is 4.42 Å². The topological polar surface area (TPSA) is 104 Å². The lowest BCUT2D eigenvalue weighted by Crippen LogP contribution is -2.58. The number of para-hydroxylation sites is 1. The van der Waals surface area contributed by atoms with Crippen molar-refractivity contribution >= 4 is 40.2 Å². The van der Waals surface area contributed by atoms with Crippen LogP contribution in [0.25, 0.3) is 11.0 Å². The van der Waals surface area contributed by atoms with Crippen LogP contribution in [0, 0.1) is 12.8 Å². The second-order valence-corrected chi connectivity index (χ2v) is 8.52. The first-order chi connectivity index (χ1) is 16.3. The lowest BCUT2D eigenvalue weighted by atomic mass is 9.92. The van der Waals surface area contributed by atoms with Crippen LogP contribution in [-0.2, 0) is 9.59 Å². The molecule has 34 heavy (non-hydrogen) atoms. The Bertz CT molecular complexity index is 1400. The molecule has 3 heterocycles. The maximum absolute atomic E-state index is 13.5. The van der Waals surface area contributed by atoms with E-state index >= 15 is 0 Å². The smallest absolute Gasteiger partial charge is 0.332 e. The Hall–Kier alpha value is -4.27. The van der Waals surface area contributed by atoms with E-state index in [1.165, 1.54) is 20.4 Å². The molecule has 9 heteroatoms. The monoisotopic (exact) mass is 458 g/mol. The number of imide groups is 2. The summed E-state index contributed by atoms with van der Waals surface area (Å²) in [6.45, 7) is 1.90. The van der Waals surface area contributed by atoms with Crippen molar-refractivity contribution in [3.63, 3.8) is 0 Å². The van der Waals surface area contributed by atoms with E-state index in [0.717, 1.165) is 15.4 Å². The van der Waals surface area contributed by atoms with E-state index in [2.05, 4.69) is 5.10 Å². The Morgan fingerprint density at radius 1 is 0.941 bits per heavy atom. The number of amides is 4. The van der Waals surface area contributed by atoms with Gasteiger partial charge >= 0.3 is 6.03 Å². The highest BCUT2D eigenvalue weighted by atomic mass is 16.3. The molecule has 1 saturated heterocycles. The molecule has 172 valence electrons. The van der Waals surface area contributed by atoms with Crippen LogP contribution in [0.5, 0.6) is 0 Å². The molecule has 0 saturated carbocycles. The summed E-state index contributed by atoms with van der Waals surface area (Å²) in [6.07, 6.45) is 1.57. The fraction of sp³-hybridized carbons (Fsp3) is 0.240. The second kappa shape index (κ2) is 7.95. The number of hydrazone groups is 1. The highest BCUT2D eigenvalue weighted by molar-refractivity contribution is 6.27. The van der Waals surface area contributed by atoms with Crippen molar-refractivity contribution < 1.29 is 18.8 Å². The zero-order chi connectivity index (χ0) is 24.1. The summed E-state index contributed by atoms with van der Waals surface area (Å²) in [7, 11) is 2.67. The number of aryl methyl sites for hydroxylation is 1. The van der Waals surface area contributed by atoms with Crippen molar-refractivity contribution in [1.82, 2.24) is 9.80 Å². The van der Waals surface area contributed by atoms with E-state index in [0.29, 0.717) is 27.9 Å². The minimum absolute atomic E-state index is 0.148. The molecule has 1 aromatic heterocycles. The van der Waals surface area contributed by atoms with Crippen molar-refractivity contribution in [2.75, 3.05) is 19.1 Å². The first-order valence-corrected chi connectivity index (χ1v) is 10.8. The highest BCUT2D eigenvalue weighted by Crippen LogP contribution is 2.37. The zero-order valence-electron chi connectivity index (χ0n) is 18.9. The SMILES string of the molecule is Cc1ccc2occ(C3CC(C4C(=O)N(C)C(=O)N(C)C4=O)=NN3c3ccccc3)c(=O)c2c1. The van der Waals surface area contributed by atoms with Gasteiger partial charge in [0.25, 0.3) is 0 Å². The number of anilines is 1. The summed E-state index contributed by atoms with van der Waals surface area (Å²) < 4.78 is 5.77. The summed E-state index contributed by atoms with van der Waals surface area (Å²) in [4.78, 5) is 53.3. The summed E-state index contributed by atoms with van der Waals surface area (Å²) in [5.41, 5.74) is 2.56. The van der Waals surface area contributed by atoms with Crippen LogP contribution < -0.4 is 10.4 Å². The van der Waals surface area contributed by atoms with Gasteiger partial charge in [0.1, 0.15) is 11.8 Å². The number of hydrogen-bond acceptors (Lipinski definition) is 7. The largest absolute Gasteiger partial charge is 0.464 e. The van der Waals surface area contributed by atoms with Crippen molar-refractivity contribution in [2.24, 2.45) is 11.0 Å². The minimum Gasteiger partial charge on any atom is -0.464 e. The summed E-state index contributed by atoms with van der Waals surface area (Å²) in [5.74, 6) is -2.51.